The van der Waals surface area contributed by atoms with Gasteiger partial charge in [-0.2, -0.15) is 0 Å². The Morgan fingerprint density at radius 2 is 1.89 bits per heavy atom. The second kappa shape index (κ2) is 7.04. The van der Waals surface area contributed by atoms with Crippen molar-refractivity contribution < 1.29 is 9.90 Å². The van der Waals surface area contributed by atoms with E-state index >= 15 is 0 Å². The van der Waals surface area contributed by atoms with Crippen molar-refractivity contribution in [1.29, 1.82) is 0 Å². The maximum Gasteiger partial charge on any atom is 0.355 e. The smallest absolute Gasteiger partial charge is 0.355 e. The fourth-order valence-corrected chi connectivity index (χ4v) is 4.18. The van der Waals surface area contributed by atoms with Crippen LogP contribution in [0.25, 0.3) is 0 Å². The molecule has 19 heavy (non-hydrogen) atoms. The summed E-state index contributed by atoms with van der Waals surface area (Å²) in [5.41, 5.74) is 0.332. The maximum atomic E-state index is 11.4. The number of aromatic nitrogens is 1. The highest BCUT2D eigenvalue weighted by Crippen LogP contribution is 2.36. The molecule has 4 heteroatoms. The lowest BCUT2D eigenvalue weighted by atomic mass is 9.89. The van der Waals surface area contributed by atoms with Gasteiger partial charge in [-0.25, -0.2) is 9.78 Å². The highest BCUT2D eigenvalue weighted by molar-refractivity contribution is 7.12. The summed E-state index contributed by atoms with van der Waals surface area (Å²) in [5.74, 6) is -0.426. The van der Waals surface area contributed by atoms with Crippen LogP contribution in [-0.2, 0) is 6.42 Å². The topological polar surface area (TPSA) is 50.2 Å². The standard InChI is InChI=1S/C15H23NO2S/c1-2-8-12-16-13(15(17)18)14(19-12)11-9-6-4-3-5-7-10-11/h11H,2-10H2,1H3,(H,17,18). The van der Waals surface area contributed by atoms with Gasteiger partial charge in [0, 0.05) is 4.88 Å². The molecule has 0 spiro atoms. The van der Waals surface area contributed by atoms with Crippen molar-refractivity contribution in [3.05, 3.63) is 15.6 Å². The molecule has 3 nitrogen and oxygen atoms in total. The number of carbonyl (C=O) groups is 1. The van der Waals surface area contributed by atoms with Gasteiger partial charge in [0.25, 0.3) is 0 Å². The van der Waals surface area contributed by atoms with E-state index in [1.165, 1.54) is 32.1 Å². The summed E-state index contributed by atoms with van der Waals surface area (Å²) in [6.45, 7) is 2.11. The highest BCUT2D eigenvalue weighted by atomic mass is 32.1. The van der Waals surface area contributed by atoms with Gasteiger partial charge in [-0.1, -0.05) is 39.0 Å². The lowest BCUT2D eigenvalue weighted by Gasteiger charge is -2.18. The summed E-state index contributed by atoms with van der Waals surface area (Å²) in [6.07, 6.45) is 10.6. The number of nitrogens with zero attached hydrogens (tertiary/aromatic N) is 1. The van der Waals surface area contributed by atoms with Crippen LogP contribution in [-0.4, -0.2) is 16.1 Å². The van der Waals surface area contributed by atoms with Crippen LogP contribution in [0.15, 0.2) is 0 Å². The zero-order valence-corrected chi connectivity index (χ0v) is 12.5. The molecule has 1 aliphatic rings. The Morgan fingerprint density at radius 1 is 1.26 bits per heavy atom. The lowest BCUT2D eigenvalue weighted by Crippen LogP contribution is -2.07. The molecule has 1 fully saturated rings. The van der Waals surface area contributed by atoms with Crippen LogP contribution in [0.1, 0.15) is 84.6 Å². The molecule has 106 valence electrons. The van der Waals surface area contributed by atoms with E-state index < -0.39 is 5.97 Å². The van der Waals surface area contributed by atoms with Crippen molar-refractivity contribution >= 4 is 17.3 Å². The first-order valence-corrected chi connectivity index (χ1v) is 8.27. The van der Waals surface area contributed by atoms with E-state index in [-0.39, 0.29) is 0 Å². The van der Waals surface area contributed by atoms with Crippen molar-refractivity contribution in [2.45, 2.75) is 70.6 Å². The number of carboxylic acid groups (broad SMARTS) is 1. The van der Waals surface area contributed by atoms with Gasteiger partial charge in [-0.05, 0) is 31.6 Å². The van der Waals surface area contributed by atoms with Crippen LogP contribution in [0, 0.1) is 0 Å². The number of hydrogen-bond acceptors (Lipinski definition) is 3. The van der Waals surface area contributed by atoms with Crippen molar-refractivity contribution in [3.8, 4) is 0 Å². The first-order valence-electron chi connectivity index (χ1n) is 7.45. The second-order valence-electron chi connectivity index (χ2n) is 5.42. The monoisotopic (exact) mass is 281 g/mol. The third-order valence-corrected chi connectivity index (χ3v) is 5.12. The van der Waals surface area contributed by atoms with Gasteiger partial charge >= 0.3 is 5.97 Å². The summed E-state index contributed by atoms with van der Waals surface area (Å²) < 4.78 is 0. The fraction of sp³-hybridized carbons (Fsp3) is 0.733. The molecule has 1 saturated carbocycles. The summed E-state index contributed by atoms with van der Waals surface area (Å²) >= 11 is 1.64. The van der Waals surface area contributed by atoms with Crippen LogP contribution < -0.4 is 0 Å². The Labute approximate surface area is 119 Å². The predicted molar refractivity (Wildman–Crippen MR) is 78.1 cm³/mol. The Kier molecular flexibility index (Phi) is 5.37. The van der Waals surface area contributed by atoms with Gasteiger partial charge in [-0.15, -0.1) is 11.3 Å². The zero-order chi connectivity index (χ0) is 13.7. The van der Waals surface area contributed by atoms with Gasteiger partial charge in [-0.3, -0.25) is 0 Å². The third kappa shape index (κ3) is 3.78. The van der Waals surface area contributed by atoms with Crippen LogP contribution in [0.3, 0.4) is 0 Å². The zero-order valence-electron chi connectivity index (χ0n) is 11.7. The number of aryl methyl sites for hydroxylation is 1. The largest absolute Gasteiger partial charge is 0.476 e. The number of hydrogen-bond donors (Lipinski definition) is 1. The SMILES string of the molecule is CCCc1nc(C(=O)O)c(C2CCCCCCC2)s1. The van der Waals surface area contributed by atoms with Gasteiger partial charge in [0.15, 0.2) is 5.69 Å². The highest BCUT2D eigenvalue weighted by Gasteiger charge is 2.24. The number of rotatable bonds is 4. The first-order chi connectivity index (χ1) is 9.22. The molecule has 1 heterocycles. The second-order valence-corrected chi connectivity index (χ2v) is 6.53. The summed E-state index contributed by atoms with van der Waals surface area (Å²) in [4.78, 5) is 16.8. The number of thiazole rings is 1. The normalized spacial score (nSPS) is 17.9. The van der Waals surface area contributed by atoms with Gasteiger partial charge < -0.3 is 5.11 Å². The molecule has 0 radical (unpaired) electrons. The summed E-state index contributed by atoms with van der Waals surface area (Å²) in [7, 11) is 0. The van der Waals surface area contributed by atoms with E-state index in [9.17, 15) is 9.90 Å². The van der Waals surface area contributed by atoms with E-state index in [1.54, 1.807) is 11.3 Å². The van der Waals surface area contributed by atoms with Crippen LogP contribution in [0.5, 0.6) is 0 Å². The van der Waals surface area contributed by atoms with Gasteiger partial charge in [0.05, 0.1) is 5.01 Å². The average Bonchev–Trinajstić information content (AvgIpc) is 2.73. The maximum absolute atomic E-state index is 11.4. The van der Waals surface area contributed by atoms with Crippen molar-refractivity contribution in [2.24, 2.45) is 0 Å². The Morgan fingerprint density at radius 3 is 2.47 bits per heavy atom. The van der Waals surface area contributed by atoms with Crippen molar-refractivity contribution in [2.75, 3.05) is 0 Å². The molecule has 1 N–H and O–H groups in total. The van der Waals surface area contributed by atoms with Crippen LogP contribution in [0.4, 0.5) is 0 Å². The molecule has 2 rings (SSSR count). The Hall–Kier alpha value is -0.900. The molecule has 0 bridgehead atoms. The minimum Gasteiger partial charge on any atom is -0.476 e. The molecule has 0 saturated heterocycles. The minimum atomic E-state index is -0.851. The minimum absolute atomic E-state index is 0.332. The van der Waals surface area contributed by atoms with Gasteiger partial charge in [0.2, 0.25) is 0 Å². The summed E-state index contributed by atoms with van der Waals surface area (Å²) in [6, 6.07) is 0. The molecule has 1 aromatic heterocycles. The lowest BCUT2D eigenvalue weighted by molar-refractivity contribution is 0.0689. The van der Waals surface area contributed by atoms with E-state index in [0.717, 1.165) is 35.6 Å². The van der Waals surface area contributed by atoms with Crippen LogP contribution in [0.2, 0.25) is 0 Å². The molecule has 0 amide bonds. The van der Waals surface area contributed by atoms with Crippen molar-refractivity contribution in [3.63, 3.8) is 0 Å². The Bertz CT molecular complexity index is 420. The van der Waals surface area contributed by atoms with Crippen molar-refractivity contribution in [1.82, 2.24) is 4.98 Å². The van der Waals surface area contributed by atoms with E-state index in [4.69, 9.17) is 0 Å². The quantitative estimate of drug-likeness (QED) is 0.876. The molecule has 1 aliphatic carbocycles. The number of aromatic carboxylic acids is 1. The first kappa shape index (κ1) is 14.5. The average molecular weight is 281 g/mol. The number of carboxylic acids is 1. The molecular formula is C15H23NO2S. The van der Waals surface area contributed by atoms with Gasteiger partial charge in [0.1, 0.15) is 0 Å². The Balaban J connectivity index is 2.22. The van der Waals surface area contributed by atoms with Crippen LogP contribution >= 0.6 is 11.3 Å². The van der Waals surface area contributed by atoms with E-state index in [2.05, 4.69) is 11.9 Å². The predicted octanol–water partition coefficient (Wildman–Crippen LogP) is 4.62. The van der Waals surface area contributed by atoms with E-state index in [0.29, 0.717) is 11.6 Å². The molecule has 0 aliphatic heterocycles. The third-order valence-electron chi connectivity index (χ3n) is 3.84. The summed E-state index contributed by atoms with van der Waals surface area (Å²) in [5, 5.41) is 10.3. The molecular weight excluding hydrogens is 258 g/mol. The fourth-order valence-electron chi connectivity index (χ4n) is 2.85. The molecule has 0 unspecified atom stereocenters. The molecule has 0 atom stereocenters. The molecule has 1 aromatic rings. The van der Waals surface area contributed by atoms with E-state index in [1.807, 2.05) is 0 Å². The molecule has 0 aromatic carbocycles.